The minimum absolute atomic E-state index is 0.183. The van der Waals surface area contributed by atoms with Crippen LogP contribution in [-0.4, -0.2) is 87.4 Å². The van der Waals surface area contributed by atoms with Gasteiger partial charge in [-0.2, -0.15) is 0 Å². The summed E-state index contributed by atoms with van der Waals surface area (Å²) >= 11 is 0. The first kappa shape index (κ1) is 92.2. The van der Waals surface area contributed by atoms with E-state index in [1.807, 2.05) is 21.1 Å². The summed E-state index contributed by atoms with van der Waals surface area (Å²) in [5.74, 6) is -2.00. The minimum atomic E-state index is -1.52. The van der Waals surface area contributed by atoms with Crippen molar-refractivity contribution in [1.82, 2.24) is 0 Å². The number of esters is 2. The van der Waals surface area contributed by atoms with Crippen LogP contribution in [0.25, 0.3) is 0 Å². The zero-order chi connectivity index (χ0) is 69.7. The Morgan fingerprint density at radius 2 is 0.594 bits per heavy atom. The fourth-order valence-electron chi connectivity index (χ4n) is 11.9. The van der Waals surface area contributed by atoms with Crippen molar-refractivity contribution in [3.05, 3.63) is 97.2 Å². The van der Waals surface area contributed by atoms with Crippen molar-refractivity contribution in [3.8, 4) is 0 Å². The second kappa shape index (κ2) is 77.0. The Hall–Kier alpha value is -3.79. The monoisotopic (exact) mass is 1340 g/mol. The highest BCUT2D eigenvalue weighted by Crippen LogP contribution is 2.19. The van der Waals surface area contributed by atoms with Gasteiger partial charge >= 0.3 is 17.9 Å². The SMILES string of the molecule is CC/C=C\C/C=C\C/C=C\C/C=C\C/C=C\C/C=C\C/C=C\C/C=C\CCCCCCCCCCC(=O)OC(COC(=O)CCCCCCCCCCCCCCCCCCCCCCCCCCCCCCCCCCCCCCCC)COC(OCC[N+](C)(C)C)C(=O)O. The van der Waals surface area contributed by atoms with Crippen LogP contribution in [-0.2, 0) is 33.3 Å². The molecule has 0 aliphatic heterocycles. The molecule has 0 saturated heterocycles. The Labute approximate surface area is 594 Å². The van der Waals surface area contributed by atoms with E-state index in [0.717, 1.165) is 96.3 Å². The molecule has 9 heteroatoms. The lowest BCUT2D eigenvalue weighted by molar-refractivity contribution is -0.870. The van der Waals surface area contributed by atoms with Crippen molar-refractivity contribution in [3.63, 3.8) is 0 Å². The van der Waals surface area contributed by atoms with Gasteiger partial charge in [-0.15, -0.1) is 0 Å². The maximum absolute atomic E-state index is 13.0. The topological polar surface area (TPSA) is 108 Å². The number of likely N-dealkylation sites (N-methyl/N-ethyl adjacent to an activating group) is 1. The summed E-state index contributed by atoms with van der Waals surface area (Å²) in [5.41, 5.74) is 0. The molecule has 0 bridgehead atoms. The molecule has 2 unspecified atom stereocenters. The zero-order valence-corrected chi connectivity index (χ0v) is 63.8. The van der Waals surface area contributed by atoms with Crippen molar-refractivity contribution >= 4 is 17.9 Å². The van der Waals surface area contributed by atoms with E-state index in [1.165, 1.54) is 250 Å². The molecule has 0 saturated carbocycles. The number of rotatable bonds is 76. The van der Waals surface area contributed by atoms with Crippen LogP contribution in [0.15, 0.2) is 97.2 Å². The molecule has 1 N–H and O–H groups in total. The molecule has 9 nitrogen and oxygen atoms in total. The summed E-state index contributed by atoms with van der Waals surface area (Å²) in [5, 5.41) is 9.77. The van der Waals surface area contributed by atoms with Crippen molar-refractivity contribution < 1.29 is 42.9 Å². The third-order valence-electron chi connectivity index (χ3n) is 18.1. The molecule has 0 rings (SSSR count). The number of allylic oxidation sites excluding steroid dienone is 16. The lowest BCUT2D eigenvalue weighted by atomic mass is 10.0. The first-order valence-corrected chi connectivity index (χ1v) is 40.9. The van der Waals surface area contributed by atoms with Crippen LogP contribution in [0.5, 0.6) is 0 Å². The second-order valence-corrected chi connectivity index (χ2v) is 28.7. The van der Waals surface area contributed by atoms with Gasteiger partial charge in [-0.1, -0.05) is 387 Å². The number of ether oxygens (including phenoxy) is 4. The number of carboxylic acids is 1. The van der Waals surface area contributed by atoms with Gasteiger partial charge in [0.2, 0.25) is 0 Å². The predicted molar refractivity (Wildman–Crippen MR) is 415 cm³/mol. The Balaban J connectivity index is 4.02. The first-order chi connectivity index (χ1) is 47.1. The van der Waals surface area contributed by atoms with Crippen molar-refractivity contribution in [2.24, 2.45) is 0 Å². The van der Waals surface area contributed by atoms with E-state index in [1.54, 1.807) is 0 Å². The number of carbonyl (C=O) groups excluding carboxylic acids is 2. The number of carboxylic acid groups (broad SMARTS) is 1. The number of hydrogen-bond donors (Lipinski definition) is 1. The van der Waals surface area contributed by atoms with Gasteiger partial charge in [0.05, 0.1) is 34.4 Å². The largest absolute Gasteiger partial charge is 0.477 e. The Kier molecular flexibility index (Phi) is 73.9. The summed E-state index contributed by atoms with van der Waals surface area (Å²) < 4.78 is 23.0. The number of hydrogen-bond acceptors (Lipinski definition) is 7. The zero-order valence-electron chi connectivity index (χ0n) is 63.8. The summed E-state index contributed by atoms with van der Waals surface area (Å²) in [7, 11) is 5.98. The number of unbranched alkanes of at least 4 members (excludes halogenated alkanes) is 45. The molecule has 96 heavy (non-hydrogen) atoms. The van der Waals surface area contributed by atoms with Crippen LogP contribution in [0.2, 0.25) is 0 Å². The van der Waals surface area contributed by atoms with Crippen molar-refractivity contribution in [1.29, 1.82) is 0 Å². The fraction of sp³-hybridized carbons (Fsp3) is 0.782. The highest BCUT2D eigenvalue weighted by atomic mass is 16.7. The van der Waals surface area contributed by atoms with Gasteiger partial charge in [0.1, 0.15) is 13.2 Å². The standard InChI is InChI=1S/C87H155NO8/c1-6-8-10-12-14-16-18-20-22-24-26-28-30-32-34-36-38-40-41-42-43-44-46-47-49-51-53-55-57-59-61-63-65-67-69-71-73-75-77-84(89)94-81-83(82-95-87(86(91)92)93-80-79-88(3,4)5)96-85(90)78-76-74-72-70-68-66-64-62-60-58-56-54-52-50-48-45-39-37-35-33-31-29-27-25-23-21-19-17-15-13-11-9-7-2/h9,11,15,17,21,23,27,29,33,35,39,45,50,52,56,58,83,87H,6-8,10,12-14,16,18-20,22,24-26,28,30-32,34,36-38,40-44,46-49,51,53-55,57,59-82H2,1-5H3/p+1/b11-9-,17-15-,23-21-,29-27-,35-33-,45-39-,52-50-,58-56-. The van der Waals surface area contributed by atoms with E-state index in [0.29, 0.717) is 23.9 Å². The highest BCUT2D eigenvalue weighted by Gasteiger charge is 2.25. The number of aliphatic carboxylic acids is 1. The molecule has 2 atom stereocenters. The van der Waals surface area contributed by atoms with Crippen LogP contribution in [0.3, 0.4) is 0 Å². The quantitative estimate of drug-likeness (QED) is 0.0211. The maximum atomic E-state index is 13.0. The second-order valence-electron chi connectivity index (χ2n) is 28.7. The van der Waals surface area contributed by atoms with Gasteiger partial charge in [0.25, 0.3) is 6.29 Å². The fourth-order valence-corrected chi connectivity index (χ4v) is 11.9. The number of quaternary nitrogens is 1. The molecule has 0 aliphatic carbocycles. The summed E-state index contributed by atoms with van der Waals surface area (Å²) in [6, 6.07) is 0. The smallest absolute Gasteiger partial charge is 0.361 e. The number of nitrogens with zero attached hydrogens (tertiary/aromatic N) is 1. The van der Waals surface area contributed by atoms with E-state index in [-0.39, 0.29) is 32.2 Å². The van der Waals surface area contributed by atoms with Crippen LogP contribution >= 0.6 is 0 Å². The lowest BCUT2D eigenvalue weighted by Gasteiger charge is -2.25. The van der Waals surface area contributed by atoms with Crippen LogP contribution in [0.1, 0.15) is 380 Å². The summed E-state index contributed by atoms with van der Waals surface area (Å²) in [6.45, 7) is 4.80. The van der Waals surface area contributed by atoms with Gasteiger partial charge < -0.3 is 28.5 Å². The van der Waals surface area contributed by atoms with Crippen molar-refractivity contribution in [2.75, 3.05) is 47.5 Å². The Bertz CT molecular complexity index is 1900. The van der Waals surface area contributed by atoms with Crippen molar-refractivity contribution in [2.45, 2.75) is 392 Å². The van der Waals surface area contributed by atoms with E-state index in [4.69, 9.17) is 18.9 Å². The molecule has 0 aliphatic rings. The van der Waals surface area contributed by atoms with E-state index in [2.05, 4.69) is 111 Å². The normalized spacial score (nSPS) is 13.1. The molecule has 0 aromatic rings. The Morgan fingerprint density at radius 3 is 0.885 bits per heavy atom. The lowest BCUT2D eigenvalue weighted by Crippen LogP contribution is -2.40. The van der Waals surface area contributed by atoms with Gasteiger partial charge in [-0.3, -0.25) is 9.59 Å². The van der Waals surface area contributed by atoms with E-state index in [9.17, 15) is 19.5 Å². The third kappa shape index (κ3) is 77.6. The maximum Gasteiger partial charge on any atom is 0.361 e. The highest BCUT2D eigenvalue weighted by molar-refractivity contribution is 5.71. The van der Waals surface area contributed by atoms with Gasteiger partial charge in [-0.05, 0) is 77.0 Å². The van der Waals surface area contributed by atoms with Gasteiger partial charge in [0, 0.05) is 12.8 Å². The van der Waals surface area contributed by atoms with Crippen LogP contribution < -0.4 is 0 Å². The molecule has 556 valence electrons. The van der Waals surface area contributed by atoms with Gasteiger partial charge in [-0.25, -0.2) is 4.79 Å². The molecular weight excluding hydrogens is 1190 g/mol. The molecule has 0 heterocycles. The van der Waals surface area contributed by atoms with Crippen LogP contribution in [0.4, 0.5) is 0 Å². The molecule has 0 radical (unpaired) electrons. The van der Waals surface area contributed by atoms with Gasteiger partial charge in [0.15, 0.2) is 6.10 Å². The predicted octanol–water partition coefficient (Wildman–Crippen LogP) is 26.3. The summed E-state index contributed by atoms with van der Waals surface area (Å²) in [4.78, 5) is 37.7. The molecule has 0 fully saturated rings. The molecule has 0 amide bonds. The average Bonchev–Trinajstić information content (AvgIpc) is 2.40. The number of carbonyl (C=O) groups is 3. The summed E-state index contributed by atoms with van der Waals surface area (Å²) in [6.07, 6.45) is 104. The molecule has 0 aromatic heterocycles. The molecule has 0 aromatic carbocycles. The minimum Gasteiger partial charge on any atom is -0.477 e. The third-order valence-corrected chi connectivity index (χ3v) is 18.1. The molecular formula is C87H156NO8+. The van der Waals surface area contributed by atoms with E-state index >= 15 is 0 Å². The Morgan fingerprint density at radius 1 is 0.323 bits per heavy atom. The molecule has 0 spiro atoms. The first-order valence-electron chi connectivity index (χ1n) is 40.9. The van der Waals surface area contributed by atoms with Crippen LogP contribution in [0, 0.1) is 0 Å². The van der Waals surface area contributed by atoms with E-state index < -0.39 is 24.3 Å². The average molecular weight is 1340 g/mol.